The Kier molecular flexibility index (Phi) is 4.10. The number of nitrogens with zero attached hydrogens (tertiary/aromatic N) is 2. The Labute approximate surface area is 120 Å². The molecule has 1 atom stereocenters. The van der Waals surface area contributed by atoms with E-state index in [1.165, 1.54) is 31.2 Å². The van der Waals surface area contributed by atoms with Crippen molar-refractivity contribution in [2.45, 2.75) is 51.1 Å². The van der Waals surface area contributed by atoms with Crippen LogP contribution in [-0.2, 0) is 11.3 Å². The molecule has 20 heavy (non-hydrogen) atoms. The van der Waals surface area contributed by atoms with Gasteiger partial charge in [0.05, 0.1) is 0 Å². The van der Waals surface area contributed by atoms with Gasteiger partial charge in [-0.25, -0.2) is 0 Å². The molecule has 1 amide bonds. The first kappa shape index (κ1) is 13.7. The van der Waals surface area contributed by atoms with Crippen LogP contribution in [0.1, 0.15) is 50.1 Å². The molecule has 1 aromatic rings. The van der Waals surface area contributed by atoms with Crippen LogP contribution in [-0.4, -0.2) is 28.5 Å². The quantitative estimate of drug-likeness (QED) is 0.916. The normalized spacial score (nSPS) is 21.6. The predicted molar refractivity (Wildman–Crippen MR) is 79.1 cm³/mol. The third-order valence-electron chi connectivity index (χ3n) is 4.56. The lowest BCUT2D eigenvalue weighted by Gasteiger charge is -2.20. The Hall–Kier alpha value is -1.29. The molecule has 0 aromatic carbocycles. The van der Waals surface area contributed by atoms with E-state index in [0.29, 0.717) is 12.5 Å². The zero-order valence-electron chi connectivity index (χ0n) is 12.1. The van der Waals surface area contributed by atoms with Gasteiger partial charge in [0.15, 0.2) is 0 Å². The van der Waals surface area contributed by atoms with Gasteiger partial charge in [0.2, 0.25) is 5.91 Å². The van der Waals surface area contributed by atoms with Crippen LogP contribution < -0.4 is 5.73 Å². The second kappa shape index (κ2) is 6.00. The van der Waals surface area contributed by atoms with E-state index in [1.54, 1.807) is 0 Å². The summed E-state index contributed by atoms with van der Waals surface area (Å²) >= 11 is 0. The van der Waals surface area contributed by atoms with Crippen molar-refractivity contribution in [1.29, 1.82) is 0 Å². The van der Waals surface area contributed by atoms with Crippen molar-refractivity contribution in [2.24, 2.45) is 11.7 Å². The maximum Gasteiger partial charge on any atom is 0.242 e. The molecule has 0 radical (unpaired) electrons. The standard InChI is InChI=1S/C16H25N3O/c17-16(13-5-6-13)14-7-10-18(11-14)12-15(20)19-8-3-1-2-4-9-19/h7,10-11,13,16H,1-6,8-9,12,17H2. The van der Waals surface area contributed by atoms with Crippen LogP contribution in [0.25, 0.3) is 0 Å². The second-order valence-electron chi connectivity index (χ2n) is 6.28. The van der Waals surface area contributed by atoms with E-state index in [0.717, 1.165) is 25.9 Å². The number of hydrogen-bond donors (Lipinski definition) is 1. The van der Waals surface area contributed by atoms with Crippen LogP contribution in [0, 0.1) is 5.92 Å². The number of likely N-dealkylation sites (tertiary alicyclic amines) is 1. The van der Waals surface area contributed by atoms with Crippen LogP contribution in [0.5, 0.6) is 0 Å². The average Bonchev–Trinajstić information content (AvgIpc) is 3.23. The lowest BCUT2D eigenvalue weighted by atomic mass is 10.1. The molecular weight excluding hydrogens is 250 g/mol. The van der Waals surface area contributed by atoms with Crippen molar-refractivity contribution < 1.29 is 4.79 Å². The number of rotatable bonds is 4. The first-order valence-electron chi connectivity index (χ1n) is 7.93. The minimum Gasteiger partial charge on any atom is -0.345 e. The fourth-order valence-corrected chi connectivity index (χ4v) is 3.06. The molecule has 3 rings (SSSR count). The molecule has 2 N–H and O–H groups in total. The van der Waals surface area contributed by atoms with Crippen molar-refractivity contribution in [1.82, 2.24) is 9.47 Å². The number of amides is 1. The van der Waals surface area contributed by atoms with Crippen molar-refractivity contribution >= 4 is 5.91 Å². The van der Waals surface area contributed by atoms with E-state index >= 15 is 0 Å². The summed E-state index contributed by atoms with van der Waals surface area (Å²) in [5.74, 6) is 0.904. The lowest BCUT2D eigenvalue weighted by Crippen LogP contribution is -2.34. The summed E-state index contributed by atoms with van der Waals surface area (Å²) < 4.78 is 1.99. The Balaban J connectivity index is 1.57. The van der Waals surface area contributed by atoms with Gasteiger partial charge in [-0.1, -0.05) is 12.8 Å². The maximum atomic E-state index is 12.3. The van der Waals surface area contributed by atoms with Gasteiger partial charge in [0, 0.05) is 31.5 Å². The highest BCUT2D eigenvalue weighted by Crippen LogP contribution is 2.39. The maximum absolute atomic E-state index is 12.3. The Morgan fingerprint density at radius 2 is 1.95 bits per heavy atom. The van der Waals surface area contributed by atoms with Crippen molar-refractivity contribution in [2.75, 3.05) is 13.1 Å². The Morgan fingerprint density at radius 3 is 2.60 bits per heavy atom. The Morgan fingerprint density at radius 1 is 1.25 bits per heavy atom. The van der Waals surface area contributed by atoms with Crippen LogP contribution in [0.4, 0.5) is 0 Å². The molecule has 1 aliphatic heterocycles. The van der Waals surface area contributed by atoms with Gasteiger partial charge < -0.3 is 15.2 Å². The highest BCUT2D eigenvalue weighted by atomic mass is 16.2. The largest absolute Gasteiger partial charge is 0.345 e. The van der Waals surface area contributed by atoms with Crippen LogP contribution in [0.2, 0.25) is 0 Å². The van der Waals surface area contributed by atoms with Crippen LogP contribution >= 0.6 is 0 Å². The van der Waals surface area contributed by atoms with Gasteiger partial charge in [-0.2, -0.15) is 0 Å². The Bertz CT molecular complexity index is 456. The summed E-state index contributed by atoms with van der Waals surface area (Å²) in [7, 11) is 0. The van der Waals surface area contributed by atoms with Crippen LogP contribution in [0.15, 0.2) is 18.5 Å². The van der Waals surface area contributed by atoms with Gasteiger partial charge in [-0.15, -0.1) is 0 Å². The third-order valence-corrected chi connectivity index (χ3v) is 4.56. The van der Waals surface area contributed by atoms with E-state index in [2.05, 4.69) is 12.3 Å². The van der Waals surface area contributed by atoms with Crippen molar-refractivity contribution in [3.63, 3.8) is 0 Å². The van der Waals surface area contributed by atoms with E-state index in [1.807, 2.05) is 15.7 Å². The lowest BCUT2D eigenvalue weighted by molar-refractivity contribution is -0.131. The molecule has 1 aliphatic carbocycles. The summed E-state index contributed by atoms with van der Waals surface area (Å²) in [6, 6.07) is 2.23. The van der Waals surface area contributed by atoms with Crippen molar-refractivity contribution in [3.05, 3.63) is 24.0 Å². The van der Waals surface area contributed by atoms with E-state index in [4.69, 9.17) is 5.73 Å². The molecule has 2 aliphatic rings. The first-order chi connectivity index (χ1) is 9.74. The highest BCUT2D eigenvalue weighted by molar-refractivity contribution is 5.76. The molecule has 110 valence electrons. The number of aromatic nitrogens is 1. The van der Waals surface area contributed by atoms with E-state index in [-0.39, 0.29) is 11.9 Å². The molecule has 0 spiro atoms. The summed E-state index contributed by atoms with van der Waals surface area (Å²) in [5.41, 5.74) is 7.38. The molecule has 1 saturated heterocycles. The van der Waals surface area contributed by atoms with Crippen molar-refractivity contribution in [3.8, 4) is 0 Å². The van der Waals surface area contributed by atoms with Gasteiger partial charge >= 0.3 is 0 Å². The molecule has 1 unspecified atom stereocenters. The van der Waals surface area contributed by atoms with E-state index in [9.17, 15) is 4.79 Å². The summed E-state index contributed by atoms with van der Waals surface area (Å²) in [4.78, 5) is 14.3. The number of nitrogens with two attached hydrogens (primary N) is 1. The molecule has 0 bridgehead atoms. The third kappa shape index (κ3) is 3.23. The molecular formula is C16H25N3O. The molecule has 4 heteroatoms. The predicted octanol–water partition coefficient (Wildman–Crippen LogP) is 2.30. The molecule has 1 saturated carbocycles. The highest BCUT2D eigenvalue weighted by Gasteiger charge is 2.30. The molecule has 4 nitrogen and oxygen atoms in total. The van der Waals surface area contributed by atoms with E-state index < -0.39 is 0 Å². The minimum atomic E-state index is 0.157. The zero-order valence-corrected chi connectivity index (χ0v) is 12.1. The van der Waals surface area contributed by atoms with Gasteiger partial charge in [-0.3, -0.25) is 4.79 Å². The number of carbonyl (C=O) groups is 1. The fraction of sp³-hybridized carbons (Fsp3) is 0.688. The zero-order chi connectivity index (χ0) is 13.9. The summed E-state index contributed by atoms with van der Waals surface area (Å²) in [6.07, 6.45) is 11.4. The van der Waals surface area contributed by atoms with Gasteiger partial charge in [-0.05, 0) is 43.2 Å². The second-order valence-corrected chi connectivity index (χ2v) is 6.28. The van der Waals surface area contributed by atoms with Gasteiger partial charge in [0.1, 0.15) is 6.54 Å². The monoisotopic (exact) mass is 275 g/mol. The molecule has 2 heterocycles. The molecule has 1 aromatic heterocycles. The fourth-order valence-electron chi connectivity index (χ4n) is 3.06. The number of carbonyl (C=O) groups excluding carboxylic acids is 1. The average molecular weight is 275 g/mol. The topological polar surface area (TPSA) is 51.3 Å². The molecule has 2 fully saturated rings. The van der Waals surface area contributed by atoms with Gasteiger partial charge in [0.25, 0.3) is 0 Å². The van der Waals surface area contributed by atoms with Crippen LogP contribution in [0.3, 0.4) is 0 Å². The first-order valence-corrected chi connectivity index (χ1v) is 7.93. The minimum absolute atomic E-state index is 0.157. The smallest absolute Gasteiger partial charge is 0.242 e. The summed E-state index contributed by atoms with van der Waals surface area (Å²) in [6.45, 7) is 2.31. The number of hydrogen-bond acceptors (Lipinski definition) is 2. The summed E-state index contributed by atoms with van der Waals surface area (Å²) in [5, 5.41) is 0. The SMILES string of the molecule is NC(c1ccn(CC(=O)N2CCCCCC2)c1)C1CC1.